The number of rotatable bonds is 4. The summed E-state index contributed by atoms with van der Waals surface area (Å²) in [5.41, 5.74) is -0.806. The Balaban J connectivity index is 0.00000306. The third-order valence-electron chi connectivity index (χ3n) is 4.81. The maximum Gasteiger partial charge on any atom is 2.00 e. The molecule has 0 aliphatic heterocycles. The van der Waals surface area contributed by atoms with Crippen LogP contribution in [0.15, 0.2) is 48.5 Å². The Morgan fingerprint density at radius 1 is 0.848 bits per heavy atom. The second-order valence-electron chi connectivity index (χ2n) is 7.37. The van der Waals surface area contributed by atoms with Gasteiger partial charge in [-0.1, -0.05) is 42.1 Å². The first-order valence-electron chi connectivity index (χ1n) is 9.30. The van der Waals surface area contributed by atoms with Crippen molar-refractivity contribution in [1.29, 1.82) is 0 Å². The minimum absolute atomic E-state index is 0. The summed E-state index contributed by atoms with van der Waals surface area (Å²) >= 11 is 0. The quantitative estimate of drug-likeness (QED) is 0.169. The zero-order chi connectivity index (χ0) is 23.1. The first-order chi connectivity index (χ1) is 15.1. The van der Waals surface area contributed by atoms with Crippen LogP contribution in [-0.4, -0.2) is 24.7 Å². The van der Waals surface area contributed by atoms with Crippen LogP contribution in [0.2, 0.25) is 0 Å². The Bertz CT molecular complexity index is 1290. The number of halogens is 5. The van der Waals surface area contributed by atoms with E-state index in [9.17, 15) is 22.0 Å². The van der Waals surface area contributed by atoms with Crippen LogP contribution in [0.5, 0.6) is 0 Å². The predicted molar refractivity (Wildman–Crippen MR) is 104 cm³/mol. The molecule has 0 saturated carbocycles. The average Bonchev–Trinajstić information content (AvgIpc) is 3.25. The van der Waals surface area contributed by atoms with Crippen LogP contribution in [0.1, 0.15) is 30.9 Å². The summed E-state index contributed by atoms with van der Waals surface area (Å²) in [4.78, 5) is 12.1. The first-order valence-corrected chi connectivity index (χ1v) is 9.30. The Labute approximate surface area is 198 Å². The van der Waals surface area contributed by atoms with Gasteiger partial charge in [-0.2, -0.15) is 13.2 Å². The van der Waals surface area contributed by atoms with Gasteiger partial charge in [0.1, 0.15) is 11.9 Å². The number of pyridine rings is 3. The van der Waals surface area contributed by atoms with Crippen LogP contribution >= 0.6 is 0 Å². The number of hydrogen-bond donors (Lipinski definition) is 0. The molecule has 0 aliphatic carbocycles. The van der Waals surface area contributed by atoms with Crippen molar-refractivity contribution in [3.8, 4) is 17.1 Å². The van der Waals surface area contributed by atoms with Crippen molar-refractivity contribution in [1.82, 2.24) is 24.7 Å². The average molecular weight is 509 g/mol. The van der Waals surface area contributed by atoms with Crippen LogP contribution in [0, 0.1) is 24.2 Å². The van der Waals surface area contributed by atoms with E-state index in [2.05, 4.69) is 32.3 Å². The van der Waals surface area contributed by atoms with Gasteiger partial charge in [0, 0.05) is 16.8 Å². The van der Waals surface area contributed by atoms with Crippen LogP contribution in [-0.2, 0) is 31.1 Å². The van der Waals surface area contributed by atoms with E-state index in [4.69, 9.17) is 0 Å². The fourth-order valence-corrected chi connectivity index (χ4v) is 3.04. The Kier molecular flexibility index (Phi) is 6.74. The summed E-state index contributed by atoms with van der Waals surface area (Å²) in [6.07, 6.45) is -2.18. The molecule has 0 amide bonds. The standard InChI is InChI=1S/C22H14F5N5.Zn/c1-21(2,15-6-3-5-14(28-15)13-9-10-18(23)30-20(13)24)16-7-4-8-19(29-16)32-12-11-17(31-32)22(25,26)27;/h3-8,10-11H,1-2H3;/q-2;+2. The molecule has 0 unspecified atom stereocenters. The van der Waals surface area contributed by atoms with E-state index in [0.717, 1.165) is 16.8 Å². The molecule has 0 saturated heterocycles. The third kappa shape index (κ3) is 4.98. The van der Waals surface area contributed by atoms with E-state index in [1.807, 2.05) is 13.8 Å². The van der Waals surface area contributed by atoms with E-state index < -0.39 is 29.2 Å². The fourth-order valence-electron chi connectivity index (χ4n) is 3.04. The van der Waals surface area contributed by atoms with Crippen molar-refractivity contribution >= 4 is 0 Å². The van der Waals surface area contributed by atoms with E-state index in [0.29, 0.717) is 11.4 Å². The molecule has 0 radical (unpaired) electrons. The van der Waals surface area contributed by atoms with Crippen molar-refractivity contribution in [2.45, 2.75) is 25.4 Å². The fraction of sp³-hybridized carbons (Fsp3) is 0.182. The van der Waals surface area contributed by atoms with Gasteiger partial charge in [0.25, 0.3) is 0 Å². The molecule has 5 nitrogen and oxygen atoms in total. The SMILES string of the molecule is CC(C)(c1cccc(-c2[c-]cc(F)nc2F)n1)c1cccc(-n2[c-]cc(C(F)(F)F)n2)n1.[Zn+2]. The summed E-state index contributed by atoms with van der Waals surface area (Å²) in [5, 5.41) is 3.49. The second-order valence-corrected chi connectivity index (χ2v) is 7.37. The van der Waals surface area contributed by atoms with E-state index >= 15 is 0 Å². The summed E-state index contributed by atoms with van der Waals surface area (Å²) in [6.45, 7) is 3.62. The van der Waals surface area contributed by atoms with Crippen molar-refractivity contribution < 1.29 is 41.4 Å². The monoisotopic (exact) mass is 507 g/mol. The van der Waals surface area contributed by atoms with Crippen LogP contribution in [0.25, 0.3) is 17.1 Å². The molecule has 164 valence electrons. The number of aromatic nitrogens is 5. The second kappa shape index (κ2) is 9.05. The Morgan fingerprint density at radius 3 is 2.15 bits per heavy atom. The summed E-state index contributed by atoms with van der Waals surface area (Å²) < 4.78 is 66.7. The smallest absolute Gasteiger partial charge is 0.343 e. The van der Waals surface area contributed by atoms with Crippen LogP contribution in [0.3, 0.4) is 0 Å². The van der Waals surface area contributed by atoms with Crippen LogP contribution in [0.4, 0.5) is 22.0 Å². The first kappa shape index (κ1) is 24.6. The van der Waals surface area contributed by atoms with Crippen molar-refractivity contribution in [3.05, 3.63) is 89.8 Å². The van der Waals surface area contributed by atoms with Gasteiger partial charge in [0.2, 0.25) is 0 Å². The van der Waals surface area contributed by atoms with Gasteiger partial charge in [-0.15, -0.1) is 12.1 Å². The van der Waals surface area contributed by atoms with Crippen molar-refractivity contribution in [2.24, 2.45) is 0 Å². The zero-order valence-corrected chi connectivity index (χ0v) is 20.4. The normalized spacial score (nSPS) is 11.8. The predicted octanol–water partition coefficient (Wildman–Crippen LogP) is 4.95. The number of nitrogens with zero attached hydrogens (tertiary/aromatic N) is 5. The van der Waals surface area contributed by atoms with Gasteiger partial charge in [-0.3, -0.25) is 15.1 Å². The molecule has 33 heavy (non-hydrogen) atoms. The molecule has 4 aromatic rings. The molecule has 0 bridgehead atoms. The van der Waals surface area contributed by atoms with Gasteiger partial charge in [-0.25, -0.2) is 8.78 Å². The van der Waals surface area contributed by atoms with Crippen molar-refractivity contribution in [2.75, 3.05) is 0 Å². The maximum atomic E-state index is 14.1. The summed E-state index contributed by atoms with van der Waals surface area (Å²) in [6, 6.07) is 13.9. The third-order valence-corrected chi connectivity index (χ3v) is 4.81. The number of alkyl halides is 3. The molecule has 4 heterocycles. The molecule has 11 heteroatoms. The molecule has 0 aliphatic rings. The molecule has 0 N–H and O–H groups in total. The molecular weight excluding hydrogens is 495 g/mol. The minimum atomic E-state index is -4.59. The van der Waals surface area contributed by atoms with Gasteiger partial charge in [-0.05, 0) is 31.7 Å². The van der Waals surface area contributed by atoms with Crippen molar-refractivity contribution in [3.63, 3.8) is 0 Å². The zero-order valence-electron chi connectivity index (χ0n) is 17.5. The van der Waals surface area contributed by atoms with E-state index in [1.54, 1.807) is 24.3 Å². The number of hydrogen-bond acceptors (Lipinski definition) is 4. The maximum absolute atomic E-state index is 14.1. The molecular formula is C22H14F5N5Zn. The molecule has 0 spiro atoms. The van der Waals surface area contributed by atoms with Gasteiger partial charge >= 0.3 is 25.7 Å². The van der Waals surface area contributed by atoms with E-state index in [-0.39, 0.29) is 36.6 Å². The minimum Gasteiger partial charge on any atom is -0.343 e. The summed E-state index contributed by atoms with van der Waals surface area (Å²) in [5.74, 6) is -1.89. The Hall–Kier alpha value is -3.07. The molecule has 4 aromatic heterocycles. The molecule has 0 atom stereocenters. The van der Waals surface area contributed by atoms with Crippen LogP contribution < -0.4 is 0 Å². The largest absolute Gasteiger partial charge is 2.00 e. The molecule has 0 aromatic carbocycles. The van der Waals surface area contributed by atoms with Gasteiger partial charge in [0.15, 0.2) is 0 Å². The Morgan fingerprint density at radius 2 is 1.52 bits per heavy atom. The molecule has 0 fully saturated rings. The van der Waals surface area contributed by atoms with Gasteiger partial charge < -0.3 is 9.67 Å². The van der Waals surface area contributed by atoms with Gasteiger partial charge in [0.05, 0.1) is 11.5 Å². The van der Waals surface area contributed by atoms with E-state index in [1.165, 1.54) is 12.1 Å². The topological polar surface area (TPSA) is 56.5 Å². The molecule has 4 rings (SSSR count). The summed E-state index contributed by atoms with van der Waals surface area (Å²) in [7, 11) is 0.